The maximum Gasteiger partial charge on any atom is 0.326 e. The Morgan fingerprint density at radius 3 is 2.43 bits per heavy atom. The Labute approximate surface area is 130 Å². The molecule has 1 heterocycles. The molecular weight excluding hydrogens is 264 g/mol. The molecule has 3 atom stereocenters. The molecule has 0 spiro atoms. The lowest BCUT2D eigenvalue weighted by Gasteiger charge is -2.37. The van der Waals surface area contributed by atoms with Crippen molar-refractivity contribution in [1.82, 2.24) is 10.2 Å². The van der Waals surface area contributed by atoms with Gasteiger partial charge in [-0.1, -0.05) is 20.8 Å². The van der Waals surface area contributed by atoms with Crippen LogP contribution in [0, 0.1) is 11.8 Å². The van der Waals surface area contributed by atoms with Gasteiger partial charge in [-0.3, -0.25) is 4.79 Å². The van der Waals surface area contributed by atoms with Crippen LogP contribution in [-0.2, 0) is 9.53 Å². The predicted molar refractivity (Wildman–Crippen MR) is 87.3 cm³/mol. The van der Waals surface area contributed by atoms with Gasteiger partial charge in [0.05, 0.1) is 6.61 Å². The van der Waals surface area contributed by atoms with Gasteiger partial charge in [-0.05, 0) is 51.5 Å². The molecule has 0 aliphatic carbocycles. The number of ether oxygens (including phenoxy) is 1. The minimum Gasteiger partial charge on any atom is -0.465 e. The molecule has 1 fully saturated rings. The third-order valence-electron chi connectivity index (χ3n) is 4.36. The van der Waals surface area contributed by atoms with Gasteiger partial charge in [-0.15, -0.1) is 0 Å². The molecule has 1 saturated heterocycles. The quantitative estimate of drug-likeness (QED) is 0.700. The molecule has 0 amide bonds. The van der Waals surface area contributed by atoms with Crippen molar-refractivity contribution in [3.8, 4) is 0 Å². The molecule has 124 valence electrons. The van der Waals surface area contributed by atoms with E-state index in [1.807, 2.05) is 13.8 Å². The highest BCUT2D eigenvalue weighted by Crippen LogP contribution is 2.22. The zero-order valence-electron chi connectivity index (χ0n) is 14.6. The van der Waals surface area contributed by atoms with E-state index >= 15 is 0 Å². The summed E-state index contributed by atoms with van der Waals surface area (Å²) in [6, 6.07) is 0. The van der Waals surface area contributed by atoms with Crippen LogP contribution in [0.15, 0.2) is 0 Å². The number of carbonyl (C=O) groups excluding carboxylic acids is 1. The number of carbonyl (C=O) groups is 1. The van der Waals surface area contributed by atoms with Gasteiger partial charge in [0, 0.05) is 19.6 Å². The fourth-order valence-electron chi connectivity index (χ4n) is 3.31. The zero-order valence-corrected chi connectivity index (χ0v) is 14.6. The van der Waals surface area contributed by atoms with Gasteiger partial charge >= 0.3 is 5.97 Å². The largest absolute Gasteiger partial charge is 0.465 e. The number of nitrogens with one attached hydrogen (secondary N) is 1. The first-order chi connectivity index (χ1) is 9.91. The van der Waals surface area contributed by atoms with Crippen molar-refractivity contribution >= 4 is 5.97 Å². The number of nitrogens with zero attached hydrogens (tertiary/aromatic N) is 1. The highest BCUT2D eigenvalue weighted by atomic mass is 16.5. The molecule has 0 aromatic carbocycles. The van der Waals surface area contributed by atoms with Crippen LogP contribution in [0.2, 0.25) is 0 Å². The summed E-state index contributed by atoms with van der Waals surface area (Å²) >= 11 is 0. The zero-order chi connectivity index (χ0) is 15.9. The van der Waals surface area contributed by atoms with E-state index < -0.39 is 5.54 Å². The van der Waals surface area contributed by atoms with Gasteiger partial charge < -0.3 is 15.0 Å². The topological polar surface area (TPSA) is 41.6 Å². The second-order valence-electron chi connectivity index (χ2n) is 6.93. The van der Waals surface area contributed by atoms with Gasteiger partial charge in [0.2, 0.25) is 0 Å². The lowest BCUT2D eigenvalue weighted by Crippen LogP contribution is -2.53. The minimum absolute atomic E-state index is 0.114. The third-order valence-corrected chi connectivity index (χ3v) is 4.36. The van der Waals surface area contributed by atoms with E-state index in [1.165, 1.54) is 6.42 Å². The molecule has 1 aliphatic rings. The highest BCUT2D eigenvalue weighted by molar-refractivity contribution is 5.80. The Morgan fingerprint density at radius 1 is 1.29 bits per heavy atom. The molecule has 0 bridgehead atoms. The average Bonchev–Trinajstić information content (AvgIpc) is 2.42. The lowest BCUT2D eigenvalue weighted by molar-refractivity contribution is -0.151. The Bertz CT molecular complexity index is 312. The van der Waals surface area contributed by atoms with E-state index in [9.17, 15) is 4.79 Å². The SMILES string of the molecule is CCCNC(C)(CCN1CC(C)CC(C)C1)C(=O)OCC. The average molecular weight is 298 g/mol. The molecule has 21 heavy (non-hydrogen) atoms. The molecule has 3 unspecified atom stereocenters. The van der Waals surface area contributed by atoms with Crippen LogP contribution in [-0.4, -0.2) is 49.2 Å². The number of piperidine rings is 1. The van der Waals surface area contributed by atoms with Crippen molar-refractivity contribution in [3.05, 3.63) is 0 Å². The summed E-state index contributed by atoms with van der Waals surface area (Å²) in [5.41, 5.74) is -0.560. The van der Waals surface area contributed by atoms with E-state index in [4.69, 9.17) is 4.74 Å². The van der Waals surface area contributed by atoms with Crippen LogP contribution < -0.4 is 5.32 Å². The van der Waals surface area contributed by atoms with E-state index in [2.05, 4.69) is 31.0 Å². The highest BCUT2D eigenvalue weighted by Gasteiger charge is 2.35. The Balaban J connectivity index is 2.57. The van der Waals surface area contributed by atoms with Gasteiger partial charge in [0.15, 0.2) is 0 Å². The first-order valence-corrected chi connectivity index (χ1v) is 8.55. The summed E-state index contributed by atoms with van der Waals surface area (Å²) in [6.07, 6.45) is 3.15. The molecule has 1 N–H and O–H groups in total. The fourth-order valence-corrected chi connectivity index (χ4v) is 3.31. The van der Waals surface area contributed by atoms with Crippen molar-refractivity contribution < 1.29 is 9.53 Å². The molecule has 0 saturated carbocycles. The second-order valence-corrected chi connectivity index (χ2v) is 6.93. The molecule has 4 nitrogen and oxygen atoms in total. The standard InChI is InChI=1S/C17H34N2O2/c1-6-9-18-17(5,16(20)21-7-2)8-10-19-12-14(3)11-15(4)13-19/h14-15,18H,6-13H2,1-5H3. The summed E-state index contributed by atoms with van der Waals surface area (Å²) in [7, 11) is 0. The molecule has 1 rings (SSSR count). The van der Waals surface area contributed by atoms with Crippen molar-refractivity contribution in [2.45, 2.75) is 59.4 Å². The van der Waals surface area contributed by atoms with Crippen molar-refractivity contribution in [1.29, 1.82) is 0 Å². The minimum atomic E-state index is -0.560. The van der Waals surface area contributed by atoms with Crippen LogP contribution in [0.4, 0.5) is 0 Å². The Kier molecular flexibility index (Phi) is 7.67. The number of rotatable bonds is 8. The Morgan fingerprint density at radius 2 is 1.90 bits per heavy atom. The Hall–Kier alpha value is -0.610. The van der Waals surface area contributed by atoms with E-state index in [0.29, 0.717) is 6.61 Å². The van der Waals surface area contributed by atoms with Gasteiger partial charge in [0.1, 0.15) is 5.54 Å². The van der Waals surface area contributed by atoms with Crippen molar-refractivity contribution in [2.75, 3.05) is 32.8 Å². The molecule has 0 aromatic heterocycles. The lowest BCUT2D eigenvalue weighted by atomic mass is 9.90. The second kappa shape index (κ2) is 8.74. The monoisotopic (exact) mass is 298 g/mol. The van der Waals surface area contributed by atoms with Gasteiger partial charge in [-0.25, -0.2) is 0 Å². The summed E-state index contributed by atoms with van der Waals surface area (Å²) in [6.45, 7) is 15.2. The van der Waals surface area contributed by atoms with Crippen LogP contribution in [0.1, 0.15) is 53.9 Å². The molecular formula is C17H34N2O2. The molecule has 0 aromatic rings. The fraction of sp³-hybridized carbons (Fsp3) is 0.941. The first kappa shape index (κ1) is 18.4. The van der Waals surface area contributed by atoms with Gasteiger partial charge in [-0.2, -0.15) is 0 Å². The normalized spacial score (nSPS) is 26.3. The van der Waals surface area contributed by atoms with Crippen molar-refractivity contribution in [3.63, 3.8) is 0 Å². The number of likely N-dealkylation sites (tertiary alicyclic amines) is 1. The van der Waals surface area contributed by atoms with E-state index in [-0.39, 0.29) is 5.97 Å². The van der Waals surface area contributed by atoms with Crippen molar-refractivity contribution in [2.24, 2.45) is 11.8 Å². The maximum atomic E-state index is 12.3. The van der Waals surface area contributed by atoms with E-state index in [1.54, 1.807) is 0 Å². The molecule has 1 aliphatic heterocycles. The number of hydrogen-bond donors (Lipinski definition) is 1. The summed E-state index contributed by atoms with van der Waals surface area (Å²) in [4.78, 5) is 14.8. The van der Waals surface area contributed by atoms with Crippen LogP contribution in [0.5, 0.6) is 0 Å². The molecule has 4 heteroatoms. The summed E-state index contributed by atoms with van der Waals surface area (Å²) < 4.78 is 5.27. The number of esters is 1. The predicted octanol–water partition coefficient (Wildman–Crippen LogP) is 2.68. The van der Waals surface area contributed by atoms with Gasteiger partial charge in [0.25, 0.3) is 0 Å². The van der Waals surface area contributed by atoms with Crippen LogP contribution >= 0.6 is 0 Å². The maximum absolute atomic E-state index is 12.3. The van der Waals surface area contributed by atoms with Crippen LogP contribution in [0.3, 0.4) is 0 Å². The molecule has 0 radical (unpaired) electrons. The summed E-state index contributed by atoms with van der Waals surface area (Å²) in [5.74, 6) is 1.40. The first-order valence-electron chi connectivity index (χ1n) is 8.55. The summed E-state index contributed by atoms with van der Waals surface area (Å²) in [5, 5.41) is 3.39. The third kappa shape index (κ3) is 5.95. The van der Waals surface area contributed by atoms with Crippen LogP contribution in [0.25, 0.3) is 0 Å². The smallest absolute Gasteiger partial charge is 0.326 e. The van der Waals surface area contributed by atoms with E-state index in [0.717, 1.165) is 50.9 Å². The number of hydrogen-bond acceptors (Lipinski definition) is 4.